The quantitative estimate of drug-likeness (QED) is 0.449. The lowest BCUT2D eigenvalue weighted by molar-refractivity contribution is -0.116. The van der Waals surface area contributed by atoms with Crippen LogP contribution in [0.5, 0.6) is 0 Å². The number of aromatic nitrogens is 2. The molecule has 0 aliphatic heterocycles. The number of ether oxygens (including phenoxy) is 1. The number of rotatable bonds is 10. The van der Waals surface area contributed by atoms with E-state index in [0.29, 0.717) is 21.8 Å². The van der Waals surface area contributed by atoms with Gasteiger partial charge >= 0.3 is 0 Å². The van der Waals surface area contributed by atoms with Crippen molar-refractivity contribution in [3.8, 4) is 22.8 Å². The number of aliphatic hydroxyl groups excluding tert-OH is 1. The van der Waals surface area contributed by atoms with Gasteiger partial charge in [-0.3, -0.25) is 14.6 Å². The van der Waals surface area contributed by atoms with Crippen LogP contribution in [0, 0.1) is 6.92 Å². The molecule has 0 bridgehead atoms. The van der Waals surface area contributed by atoms with E-state index in [4.69, 9.17) is 25.9 Å². The fourth-order valence-electron chi connectivity index (χ4n) is 3.05. The lowest BCUT2D eigenvalue weighted by Gasteiger charge is -2.06. The van der Waals surface area contributed by atoms with Crippen LogP contribution in [0.3, 0.4) is 0 Å². The summed E-state index contributed by atoms with van der Waals surface area (Å²) in [7, 11) is 0. The Morgan fingerprint density at radius 3 is 2.72 bits per heavy atom. The van der Waals surface area contributed by atoms with Gasteiger partial charge in [-0.2, -0.15) is 0 Å². The molecular weight excluding hydrogens is 434 g/mol. The maximum atomic E-state index is 12.9. The minimum Gasteiger partial charge on any atom is -0.435 e. The standard InChI is InChI=1S/C23H24ClN3O5/c1-14-13-26-16(11-15(2)29)12-18(14)23-27-20(22(30)25-7-9-31-10-8-28)21(32-23)17-5-3-4-6-19(17)24/h3-6,12-13,28H,7-11H2,1-2H3,(H,25,30). The molecule has 168 valence electrons. The number of nitrogens with one attached hydrogen (secondary N) is 1. The second kappa shape index (κ2) is 11.0. The molecule has 2 N–H and O–H groups in total. The SMILES string of the molecule is CC(=O)Cc1cc(-c2nc(C(=O)NCCOCCO)c(-c3ccccc3Cl)o2)c(C)cn1. The molecule has 0 atom stereocenters. The predicted molar refractivity (Wildman–Crippen MR) is 120 cm³/mol. The van der Waals surface area contributed by atoms with E-state index in [9.17, 15) is 9.59 Å². The molecule has 1 aromatic carbocycles. The normalized spacial score (nSPS) is 10.9. The highest BCUT2D eigenvalue weighted by Gasteiger charge is 2.24. The third kappa shape index (κ3) is 5.79. The number of oxazole rings is 1. The highest BCUT2D eigenvalue weighted by atomic mass is 35.5. The van der Waals surface area contributed by atoms with Gasteiger partial charge in [0.15, 0.2) is 11.5 Å². The lowest BCUT2D eigenvalue weighted by Crippen LogP contribution is -2.28. The second-order valence-electron chi connectivity index (χ2n) is 7.14. The number of pyridine rings is 1. The summed E-state index contributed by atoms with van der Waals surface area (Å²) in [5, 5.41) is 11.9. The summed E-state index contributed by atoms with van der Waals surface area (Å²) in [5.74, 6) is 0.00754. The molecule has 2 aromatic heterocycles. The molecule has 1 amide bonds. The van der Waals surface area contributed by atoms with Crippen LogP contribution in [0.4, 0.5) is 0 Å². The molecule has 3 rings (SSSR count). The van der Waals surface area contributed by atoms with Gasteiger partial charge in [0.05, 0.1) is 24.8 Å². The molecule has 0 unspecified atom stereocenters. The van der Waals surface area contributed by atoms with Crippen molar-refractivity contribution in [1.82, 2.24) is 15.3 Å². The summed E-state index contributed by atoms with van der Waals surface area (Å²) in [6.07, 6.45) is 1.83. The largest absolute Gasteiger partial charge is 0.435 e. The van der Waals surface area contributed by atoms with Crippen molar-refractivity contribution in [3.05, 3.63) is 58.5 Å². The molecule has 0 fully saturated rings. The van der Waals surface area contributed by atoms with Crippen molar-refractivity contribution in [2.45, 2.75) is 20.3 Å². The Hall–Kier alpha value is -3.07. The first-order valence-corrected chi connectivity index (χ1v) is 10.5. The predicted octanol–water partition coefficient (Wildman–Crippen LogP) is 3.24. The fraction of sp³-hybridized carbons (Fsp3) is 0.304. The number of ketones is 1. The zero-order valence-corrected chi connectivity index (χ0v) is 18.6. The van der Waals surface area contributed by atoms with Crippen LogP contribution >= 0.6 is 11.6 Å². The van der Waals surface area contributed by atoms with Crippen molar-refractivity contribution < 1.29 is 23.8 Å². The van der Waals surface area contributed by atoms with Gasteiger partial charge in [-0.15, -0.1) is 0 Å². The highest BCUT2D eigenvalue weighted by molar-refractivity contribution is 6.33. The van der Waals surface area contributed by atoms with Crippen molar-refractivity contribution in [3.63, 3.8) is 0 Å². The van der Waals surface area contributed by atoms with Crippen molar-refractivity contribution >= 4 is 23.3 Å². The molecule has 0 aliphatic carbocycles. The first-order chi connectivity index (χ1) is 15.4. The summed E-state index contributed by atoms with van der Waals surface area (Å²) in [6.45, 7) is 3.93. The van der Waals surface area contributed by atoms with Crippen LogP contribution < -0.4 is 5.32 Å². The Morgan fingerprint density at radius 1 is 1.22 bits per heavy atom. The third-order valence-corrected chi connectivity index (χ3v) is 4.88. The summed E-state index contributed by atoms with van der Waals surface area (Å²) < 4.78 is 11.2. The van der Waals surface area contributed by atoms with Gasteiger partial charge in [-0.25, -0.2) is 4.98 Å². The summed E-state index contributed by atoms with van der Waals surface area (Å²) in [6, 6.07) is 8.75. The van der Waals surface area contributed by atoms with Gasteiger partial charge in [0.1, 0.15) is 5.78 Å². The number of aryl methyl sites for hydroxylation is 1. The van der Waals surface area contributed by atoms with Crippen molar-refractivity contribution in [2.24, 2.45) is 0 Å². The van der Waals surface area contributed by atoms with Gasteiger partial charge in [-0.1, -0.05) is 23.7 Å². The number of hydrogen-bond donors (Lipinski definition) is 2. The van der Waals surface area contributed by atoms with Crippen LogP contribution in [0.15, 0.2) is 40.9 Å². The number of amides is 1. The van der Waals surface area contributed by atoms with Gasteiger partial charge in [0.2, 0.25) is 5.89 Å². The van der Waals surface area contributed by atoms with Crippen LogP contribution in [0.1, 0.15) is 28.7 Å². The first kappa shape index (κ1) is 23.6. The van der Waals surface area contributed by atoms with Crippen molar-refractivity contribution in [2.75, 3.05) is 26.4 Å². The van der Waals surface area contributed by atoms with E-state index in [1.54, 1.807) is 36.5 Å². The number of aliphatic hydroxyl groups is 1. The van der Waals surface area contributed by atoms with Gasteiger partial charge in [0.25, 0.3) is 5.91 Å². The number of carbonyl (C=O) groups is 2. The van der Waals surface area contributed by atoms with E-state index in [-0.39, 0.29) is 55.9 Å². The molecular formula is C23H24ClN3O5. The number of benzene rings is 1. The van der Waals surface area contributed by atoms with Crippen LogP contribution in [0.2, 0.25) is 5.02 Å². The Balaban J connectivity index is 1.99. The number of hydrogen-bond acceptors (Lipinski definition) is 7. The number of halogens is 1. The summed E-state index contributed by atoms with van der Waals surface area (Å²) >= 11 is 6.36. The summed E-state index contributed by atoms with van der Waals surface area (Å²) in [5.41, 5.74) is 2.62. The average Bonchev–Trinajstić information content (AvgIpc) is 3.20. The monoisotopic (exact) mass is 457 g/mol. The highest BCUT2D eigenvalue weighted by Crippen LogP contribution is 2.35. The fourth-order valence-corrected chi connectivity index (χ4v) is 3.27. The molecule has 2 heterocycles. The molecule has 3 aromatic rings. The Bertz CT molecular complexity index is 1110. The van der Waals surface area contributed by atoms with Crippen LogP contribution in [-0.2, 0) is 16.0 Å². The van der Waals surface area contributed by atoms with E-state index >= 15 is 0 Å². The van der Waals surface area contributed by atoms with Crippen LogP contribution in [0.25, 0.3) is 22.8 Å². The molecule has 0 spiro atoms. The van der Waals surface area contributed by atoms with Gasteiger partial charge in [0, 0.05) is 36.0 Å². The first-order valence-electron chi connectivity index (χ1n) is 10.1. The minimum atomic E-state index is -0.446. The zero-order valence-electron chi connectivity index (χ0n) is 17.9. The van der Waals surface area contributed by atoms with E-state index in [0.717, 1.165) is 5.56 Å². The maximum Gasteiger partial charge on any atom is 0.274 e. The van der Waals surface area contributed by atoms with Gasteiger partial charge in [-0.05, 0) is 37.6 Å². The Kier molecular flexibility index (Phi) is 8.10. The van der Waals surface area contributed by atoms with E-state index in [1.165, 1.54) is 6.92 Å². The second-order valence-corrected chi connectivity index (χ2v) is 7.55. The Labute approximate surface area is 190 Å². The van der Waals surface area contributed by atoms with E-state index in [1.807, 2.05) is 6.92 Å². The van der Waals surface area contributed by atoms with Crippen LogP contribution in [-0.4, -0.2) is 53.1 Å². The lowest BCUT2D eigenvalue weighted by atomic mass is 10.1. The minimum absolute atomic E-state index is 0.0139. The van der Waals surface area contributed by atoms with E-state index < -0.39 is 5.91 Å². The molecule has 8 nitrogen and oxygen atoms in total. The molecule has 9 heteroatoms. The Morgan fingerprint density at radius 2 is 2.00 bits per heavy atom. The number of carbonyl (C=O) groups excluding carboxylic acids is 2. The molecule has 32 heavy (non-hydrogen) atoms. The molecule has 0 aliphatic rings. The zero-order chi connectivity index (χ0) is 23.1. The molecule has 0 radical (unpaired) electrons. The summed E-state index contributed by atoms with van der Waals surface area (Å²) in [4.78, 5) is 33.1. The smallest absolute Gasteiger partial charge is 0.274 e. The van der Waals surface area contributed by atoms with E-state index in [2.05, 4.69) is 15.3 Å². The topological polar surface area (TPSA) is 115 Å². The maximum absolute atomic E-state index is 12.9. The van der Waals surface area contributed by atoms with Crippen molar-refractivity contribution in [1.29, 1.82) is 0 Å². The molecule has 0 saturated carbocycles. The van der Waals surface area contributed by atoms with Gasteiger partial charge < -0.3 is 19.6 Å². The number of Topliss-reactive ketones (excluding diaryl/α,β-unsaturated/α-hetero) is 1. The molecule has 0 saturated heterocycles. The third-order valence-electron chi connectivity index (χ3n) is 4.55. The average molecular weight is 458 g/mol. The number of nitrogens with zero attached hydrogens (tertiary/aromatic N) is 2.